The molecule has 112 valence electrons. The van der Waals surface area contributed by atoms with Gasteiger partial charge in [-0.2, -0.15) is 4.73 Å². The van der Waals surface area contributed by atoms with Gasteiger partial charge in [0, 0.05) is 19.3 Å². The van der Waals surface area contributed by atoms with Crippen LogP contribution < -0.4 is 10.6 Å². The number of carbonyl (C=O) groups excluding carboxylic acids is 1. The number of imidazole rings is 1. The zero-order chi connectivity index (χ0) is 15.5. The summed E-state index contributed by atoms with van der Waals surface area (Å²) in [6, 6.07) is 8.03. The third-order valence-electron chi connectivity index (χ3n) is 3.09. The first-order valence-electron chi connectivity index (χ1n) is 6.93. The van der Waals surface area contributed by atoms with Crippen LogP contribution in [0.2, 0.25) is 25.7 Å². The molecular formula is C15H21N3O2Si. The summed E-state index contributed by atoms with van der Waals surface area (Å²) in [7, 11) is -1.13. The van der Waals surface area contributed by atoms with E-state index in [1.165, 1.54) is 11.1 Å². The molecule has 2 aromatic rings. The molecule has 1 aromatic heterocycles. The number of hydrogen-bond donors (Lipinski definition) is 1. The third kappa shape index (κ3) is 4.19. The monoisotopic (exact) mass is 303 g/mol. The van der Waals surface area contributed by atoms with Gasteiger partial charge >= 0.3 is 0 Å². The van der Waals surface area contributed by atoms with Gasteiger partial charge in [0.1, 0.15) is 18.6 Å². The maximum absolute atomic E-state index is 12.3. The van der Waals surface area contributed by atoms with E-state index in [9.17, 15) is 4.79 Å². The minimum absolute atomic E-state index is 0.194. The maximum Gasteiger partial charge on any atom is 0.215 e. The number of nitrogen functional groups attached to an aromatic ring is 1. The van der Waals surface area contributed by atoms with E-state index < -0.39 is 8.07 Å². The average molecular weight is 303 g/mol. The lowest BCUT2D eigenvalue weighted by Crippen LogP contribution is -2.24. The fourth-order valence-electron chi connectivity index (χ4n) is 1.79. The quantitative estimate of drug-likeness (QED) is 0.505. The van der Waals surface area contributed by atoms with Crippen molar-refractivity contribution in [2.75, 3.05) is 12.3 Å². The van der Waals surface area contributed by atoms with Crippen LogP contribution in [-0.2, 0) is 0 Å². The van der Waals surface area contributed by atoms with Crippen molar-refractivity contribution in [1.29, 1.82) is 0 Å². The summed E-state index contributed by atoms with van der Waals surface area (Å²) >= 11 is 0. The fourth-order valence-corrected chi connectivity index (χ4v) is 2.50. The van der Waals surface area contributed by atoms with Crippen LogP contribution >= 0.6 is 0 Å². The van der Waals surface area contributed by atoms with Crippen LogP contribution in [-0.4, -0.2) is 30.2 Å². The van der Waals surface area contributed by atoms with Crippen molar-refractivity contribution in [2.24, 2.45) is 0 Å². The molecule has 0 aliphatic carbocycles. The van der Waals surface area contributed by atoms with Gasteiger partial charge in [0.05, 0.1) is 6.20 Å². The highest BCUT2D eigenvalue weighted by molar-refractivity contribution is 6.76. The number of benzene rings is 1. The highest BCUT2D eigenvalue weighted by Gasteiger charge is 2.16. The summed E-state index contributed by atoms with van der Waals surface area (Å²) < 4.78 is 1.49. The van der Waals surface area contributed by atoms with Gasteiger partial charge in [0.25, 0.3) is 0 Å². The third-order valence-corrected chi connectivity index (χ3v) is 4.79. The summed E-state index contributed by atoms with van der Waals surface area (Å²) in [6.07, 6.45) is 3.11. The van der Waals surface area contributed by atoms with Crippen molar-refractivity contribution in [3.05, 3.63) is 48.0 Å². The Labute approximate surface area is 125 Å². The molecule has 0 aliphatic heterocycles. The van der Waals surface area contributed by atoms with E-state index in [1.54, 1.807) is 30.5 Å². The van der Waals surface area contributed by atoms with Crippen molar-refractivity contribution < 1.29 is 9.63 Å². The SMILES string of the molecule is C[Si](C)(C)CCOn1cnc(C(=O)c2ccccc2N)c1. The fraction of sp³-hybridized carbons (Fsp3) is 0.333. The number of hydrogen-bond acceptors (Lipinski definition) is 4. The molecule has 0 atom stereocenters. The second-order valence-electron chi connectivity index (χ2n) is 6.18. The number of carbonyl (C=O) groups is 1. The van der Waals surface area contributed by atoms with E-state index in [2.05, 4.69) is 24.6 Å². The van der Waals surface area contributed by atoms with Crippen LogP contribution in [0, 0.1) is 0 Å². The summed E-state index contributed by atoms with van der Waals surface area (Å²) in [4.78, 5) is 22.0. The highest BCUT2D eigenvalue weighted by Crippen LogP contribution is 2.15. The average Bonchev–Trinajstić information content (AvgIpc) is 2.86. The number of rotatable bonds is 6. The number of nitrogens with two attached hydrogens (primary N) is 1. The Balaban J connectivity index is 2.03. The molecule has 0 radical (unpaired) electrons. The molecule has 6 heteroatoms. The molecule has 1 aromatic carbocycles. The van der Waals surface area contributed by atoms with Gasteiger partial charge in [-0.25, -0.2) is 4.98 Å². The number of ketones is 1. The van der Waals surface area contributed by atoms with Crippen molar-refractivity contribution in [3.63, 3.8) is 0 Å². The summed E-state index contributed by atoms with van der Waals surface area (Å²) in [6.45, 7) is 7.50. The predicted octanol–water partition coefficient (Wildman–Crippen LogP) is 2.46. The Morgan fingerprint density at radius 1 is 1.33 bits per heavy atom. The first kappa shape index (κ1) is 15.3. The van der Waals surface area contributed by atoms with E-state index in [4.69, 9.17) is 10.6 Å². The van der Waals surface area contributed by atoms with Crippen LogP contribution in [0.3, 0.4) is 0 Å². The normalized spacial score (nSPS) is 11.4. The van der Waals surface area contributed by atoms with Crippen molar-refractivity contribution in [3.8, 4) is 0 Å². The lowest BCUT2D eigenvalue weighted by atomic mass is 10.1. The molecule has 0 spiro atoms. The number of nitrogens with zero attached hydrogens (tertiary/aromatic N) is 2. The molecule has 0 fully saturated rings. The van der Waals surface area contributed by atoms with Crippen molar-refractivity contribution >= 4 is 19.5 Å². The first-order valence-corrected chi connectivity index (χ1v) is 10.6. The standard InChI is InChI=1S/C15H21N3O2Si/c1-21(2,3)9-8-20-18-10-14(17-11-18)15(19)12-6-4-5-7-13(12)16/h4-7,10-11H,8-9,16H2,1-3H3. The topological polar surface area (TPSA) is 70.1 Å². The van der Waals surface area contributed by atoms with Gasteiger partial charge in [0.2, 0.25) is 5.78 Å². The van der Waals surface area contributed by atoms with Crippen LogP contribution in [0.5, 0.6) is 0 Å². The maximum atomic E-state index is 12.3. The number of anilines is 1. The molecule has 0 saturated carbocycles. The molecule has 0 aliphatic rings. The van der Waals surface area contributed by atoms with Crippen LogP contribution in [0.25, 0.3) is 0 Å². The summed E-state index contributed by atoms with van der Waals surface area (Å²) in [5.41, 5.74) is 7.06. The second-order valence-corrected chi connectivity index (χ2v) is 11.8. The van der Waals surface area contributed by atoms with E-state index >= 15 is 0 Å². The molecule has 2 N–H and O–H groups in total. The Bertz CT molecular complexity index is 632. The van der Waals surface area contributed by atoms with Gasteiger partial charge in [-0.1, -0.05) is 31.8 Å². The molecule has 0 bridgehead atoms. The van der Waals surface area contributed by atoms with E-state index in [-0.39, 0.29) is 5.78 Å². The first-order chi connectivity index (χ1) is 9.87. The Morgan fingerprint density at radius 3 is 2.71 bits per heavy atom. The molecule has 0 unspecified atom stereocenters. The second kappa shape index (κ2) is 6.13. The lowest BCUT2D eigenvalue weighted by molar-refractivity contribution is 0.102. The Morgan fingerprint density at radius 2 is 2.05 bits per heavy atom. The number of para-hydroxylation sites is 1. The molecule has 2 rings (SSSR count). The van der Waals surface area contributed by atoms with Gasteiger partial charge in [-0.3, -0.25) is 4.79 Å². The molecule has 0 saturated heterocycles. The predicted molar refractivity (Wildman–Crippen MR) is 86.1 cm³/mol. The van der Waals surface area contributed by atoms with Crippen molar-refractivity contribution in [2.45, 2.75) is 25.7 Å². The van der Waals surface area contributed by atoms with E-state index in [0.717, 1.165) is 6.04 Å². The molecular weight excluding hydrogens is 282 g/mol. The van der Waals surface area contributed by atoms with Crippen molar-refractivity contribution in [1.82, 2.24) is 9.71 Å². The summed E-state index contributed by atoms with van der Waals surface area (Å²) in [5, 5.41) is 0. The van der Waals surface area contributed by atoms with Crippen LogP contribution in [0.4, 0.5) is 5.69 Å². The van der Waals surface area contributed by atoms with Gasteiger partial charge in [0.15, 0.2) is 0 Å². The zero-order valence-electron chi connectivity index (χ0n) is 12.7. The van der Waals surface area contributed by atoms with Gasteiger partial charge < -0.3 is 10.6 Å². The minimum Gasteiger partial charge on any atom is -0.413 e. The van der Waals surface area contributed by atoms with Gasteiger partial charge in [-0.15, -0.1) is 0 Å². The van der Waals surface area contributed by atoms with Crippen LogP contribution in [0.1, 0.15) is 16.1 Å². The zero-order valence-corrected chi connectivity index (χ0v) is 13.7. The summed E-state index contributed by atoms with van der Waals surface area (Å²) in [5.74, 6) is -0.194. The molecule has 5 nitrogen and oxygen atoms in total. The molecule has 21 heavy (non-hydrogen) atoms. The van der Waals surface area contributed by atoms with Gasteiger partial charge in [-0.05, 0) is 18.2 Å². The van der Waals surface area contributed by atoms with E-state index in [1.807, 2.05) is 0 Å². The number of aromatic nitrogens is 2. The lowest BCUT2D eigenvalue weighted by Gasteiger charge is -2.15. The van der Waals surface area contributed by atoms with E-state index in [0.29, 0.717) is 23.6 Å². The largest absolute Gasteiger partial charge is 0.413 e. The molecule has 1 heterocycles. The molecule has 0 amide bonds. The minimum atomic E-state index is -1.13. The smallest absolute Gasteiger partial charge is 0.215 e. The van der Waals surface area contributed by atoms with Crippen LogP contribution in [0.15, 0.2) is 36.8 Å². The highest BCUT2D eigenvalue weighted by atomic mass is 28.3. The Hall–Kier alpha value is -2.08. The Kier molecular flexibility index (Phi) is 4.47.